The quantitative estimate of drug-likeness (QED) is 0.229. The highest BCUT2D eigenvalue weighted by molar-refractivity contribution is 7.85. The van der Waals surface area contributed by atoms with Gasteiger partial charge in [0.1, 0.15) is 0 Å². The fourth-order valence-electron chi connectivity index (χ4n) is 3.11. The Morgan fingerprint density at radius 3 is 1.62 bits per heavy atom. The van der Waals surface area contributed by atoms with Crippen LogP contribution in [0.3, 0.4) is 0 Å². The van der Waals surface area contributed by atoms with Crippen LogP contribution >= 0.6 is 0 Å². The summed E-state index contributed by atoms with van der Waals surface area (Å²) in [5.41, 5.74) is 0. The summed E-state index contributed by atoms with van der Waals surface area (Å²) in [7, 11) is 0.184. The lowest BCUT2D eigenvalue weighted by Crippen LogP contribution is -2.41. The van der Waals surface area contributed by atoms with Gasteiger partial charge in [-0.2, -0.15) is 0 Å². The lowest BCUT2D eigenvalue weighted by Gasteiger charge is -2.30. The first-order valence-corrected chi connectivity index (χ1v) is 11.5. The Kier molecular flexibility index (Phi) is 13.1. The van der Waals surface area contributed by atoms with Crippen LogP contribution in [0.2, 0.25) is 0 Å². The molecule has 146 valence electrons. The number of nitrogens with zero attached hydrogens (tertiary/aromatic N) is 1. The summed E-state index contributed by atoms with van der Waals surface area (Å²) in [6.07, 6.45) is 13.8. The van der Waals surface area contributed by atoms with Crippen LogP contribution < -0.4 is 0 Å². The molecule has 0 radical (unpaired) electrons. The molecule has 24 heavy (non-hydrogen) atoms. The molecule has 0 aromatic rings. The first-order chi connectivity index (χ1) is 11.1. The van der Waals surface area contributed by atoms with E-state index in [1.54, 1.807) is 0 Å². The molecule has 0 rings (SSSR count). The van der Waals surface area contributed by atoms with Gasteiger partial charge in [0.2, 0.25) is 0 Å². The second-order valence-corrected chi connectivity index (χ2v) is 9.89. The lowest BCUT2D eigenvalue weighted by atomic mass is 10.0. The summed E-state index contributed by atoms with van der Waals surface area (Å²) in [4.78, 5) is 0. The smallest absolute Gasteiger partial charge is 0.0948 e. The molecule has 0 fully saturated rings. The Bertz CT molecular complexity index is 391. The number of rotatable bonds is 16. The average Bonchev–Trinajstić information content (AvgIpc) is 2.42. The highest BCUT2D eigenvalue weighted by Gasteiger charge is 2.14. The minimum atomic E-state index is -4.06. The van der Waals surface area contributed by atoms with Crippen LogP contribution in [0.4, 0.5) is 0 Å². The zero-order valence-electron chi connectivity index (χ0n) is 16.6. The number of quaternary nitrogens is 1. The molecule has 0 atom stereocenters. The van der Waals surface area contributed by atoms with E-state index in [-0.39, 0.29) is 5.75 Å². The maximum atomic E-state index is 10.6. The fourth-order valence-corrected chi connectivity index (χ4v) is 3.59. The third kappa shape index (κ3) is 18.2. The lowest BCUT2D eigenvalue weighted by molar-refractivity contribution is -0.890. The van der Waals surface area contributed by atoms with Gasteiger partial charge >= 0.3 is 0 Å². The van der Waals surface area contributed by atoms with E-state index >= 15 is 0 Å². The molecule has 0 aliphatic heterocycles. The molecule has 0 bridgehead atoms. The molecule has 0 aliphatic carbocycles. The first-order valence-electron chi connectivity index (χ1n) is 9.88. The van der Waals surface area contributed by atoms with Gasteiger partial charge in [-0.3, -0.25) is 0 Å². The molecule has 0 aliphatic rings. The minimum absolute atomic E-state index is 0.230. The molecule has 5 heteroatoms. The molecule has 0 N–H and O–H groups in total. The zero-order chi connectivity index (χ0) is 18.5. The van der Waals surface area contributed by atoms with E-state index in [1.165, 1.54) is 64.2 Å². The molecule has 0 heterocycles. The molecule has 0 amide bonds. The van der Waals surface area contributed by atoms with E-state index in [0.29, 0.717) is 6.42 Å². The molecule has 0 unspecified atom stereocenters. The van der Waals surface area contributed by atoms with Crippen molar-refractivity contribution in [1.29, 1.82) is 0 Å². The van der Waals surface area contributed by atoms with E-state index in [9.17, 15) is 13.0 Å². The Balaban J connectivity index is 3.42. The summed E-state index contributed by atoms with van der Waals surface area (Å²) < 4.78 is 32.7. The van der Waals surface area contributed by atoms with Crippen LogP contribution in [0.25, 0.3) is 0 Å². The predicted molar refractivity (Wildman–Crippen MR) is 102 cm³/mol. The molecular weight excluding hydrogens is 322 g/mol. The van der Waals surface area contributed by atoms with Crippen molar-refractivity contribution in [2.75, 3.05) is 32.9 Å². The van der Waals surface area contributed by atoms with E-state index in [4.69, 9.17) is 0 Å². The fraction of sp³-hybridized carbons (Fsp3) is 1.00. The van der Waals surface area contributed by atoms with Crippen LogP contribution in [-0.2, 0) is 10.1 Å². The summed E-state index contributed by atoms with van der Waals surface area (Å²) in [5.74, 6) is 0.614. The topological polar surface area (TPSA) is 57.2 Å². The second kappa shape index (κ2) is 13.1. The summed E-state index contributed by atoms with van der Waals surface area (Å²) in [6.45, 7) is 6.42. The maximum absolute atomic E-state index is 10.6. The van der Waals surface area contributed by atoms with Crippen LogP contribution in [-0.4, -0.2) is 50.4 Å². The van der Waals surface area contributed by atoms with Crippen molar-refractivity contribution >= 4 is 10.1 Å². The summed E-state index contributed by atoms with van der Waals surface area (Å²) in [5, 5.41) is 0. The summed E-state index contributed by atoms with van der Waals surface area (Å²) in [6, 6.07) is 0. The molecular formula is C19H41NO3S. The molecule has 0 saturated carbocycles. The Hall–Kier alpha value is -0.130. The Labute approximate surface area is 151 Å². The SMILES string of the molecule is CC(C)CCCCCCCCCCC[N+](C)(C)CCCS(=O)(=O)[O-]. The molecule has 0 spiro atoms. The second-order valence-electron chi connectivity index (χ2n) is 8.36. The monoisotopic (exact) mass is 363 g/mol. The predicted octanol–water partition coefficient (Wildman–Crippen LogP) is 4.56. The van der Waals surface area contributed by atoms with Gasteiger partial charge in [0.15, 0.2) is 0 Å². The van der Waals surface area contributed by atoms with Gasteiger partial charge < -0.3 is 9.04 Å². The van der Waals surface area contributed by atoms with Gasteiger partial charge in [-0.25, -0.2) is 8.42 Å². The summed E-state index contributed by atoms with van der Waals surface area (Å²) >= 11 is 0. The standard InChI is InChI=1S/C19H41NO3S/c1-19(2)15-12-10-8-6-5-7-9-11-13-16-20(3,4)17-14-18-24(21,22)23/h19H,5-18H2,1-4H3. The molecule has 0 saturated heterocycles. The molecule has 0 aromatic heterocycles. The van der Waals surface area contributed by atoms with E-state index < -0.39 is 10.1 Å². The van der Waals surface area contributed by atoms with Crippen LogP contribution in [0.15, 0.2) is 0 Å². The van der Waals surface area contributed by atoms with Crippen LogP contribution in [0.1, 0.15) is 84.5 Å². The zero-order valence-corrected chi connectivity index (χ0v) is 17.4. The highest BCUT2D eigenvalue weighted by Crippen LogP contribution is 2.13. The maximum Gasteiger partial charge on any atom is 0.0948 e. The normalized spacial score (nSPS) is 12.9. The largest absolute Gasteiger partial charge is 0.748 e. The first kappa shape index (κ1) is 23.9. The van der Waals surface area contributed by atoms with Gasteiger partial charge in [0, 0.05) is 12.2 Å². The van der Waals surface area contributed by atoms with E-state index in [1.807, 2.05) is 0 Å². The third-order valence-corrected chi connectivity index (χ3v) is 5.49. The van der Waals surface area contributed by atoms with E-state index in [0.717, 1.165) is 23.5 Å². The number of unbranched alkanes of at least 4 members (excludes halogenated alkanes) is 8. The van der Waals surface area contributed by atoms with Gasteiger partial charge in [-0.1, -0.05) is 65.2 Å². The van der Waals surface area contributed by atoms with Crippen molar-refractivity contribution in [2.24, 2.45) is 5.92 Å². The Morgan fingerprint density at radius 2 is 1.17 bits per heavy atom. The van der Waals surface area contributed by atoms with Crippen molar-refractivity contribution in [3.63, 3.8) is 0 Å². The Morgan fingerprint density at radius 1 is 0.750 bits per heavy atom. The van der Waals surface area contributed by atoms with Gasteiger partial charge in [0.05, 0.1) is 37.3 Å². The molecule has 4 nitrogen and oxygen atoms in total. The van der Waals surface area contributed by atoms with Gasteiger partial charge in [-0.15, -0.1) is 0 Å². The molecule has 0 aromatic carbocycles. The number of hydrogen-bond donors (Lipinski definition) is 0. The van der Waals surface area contributed by atoms with Gasteiger partial charge in [0.25, 0.3) is 0 Å². The third-order valence-electron chi connectivity index (χ3n) is 4.70. The van der Waals surface area contributed by atoms with Crippen molar-refractivity contribution in [2.45, 2.75) is 84.5 Å². The van der Waals surface area contributed by atoms with E-state index in [2.05, 4.69) is 27.9 Å². The van der Waals surface area contributed by atoms with Crippen LogP contribution in [0.5, 0.6) is 0 Å². The van der Waals surface area contributed by atoms with Crippen molar-refractivity contribution in [3.05, 3.63) is 0 Å². The van der Waals surface area contributed by atoms with Crippen LogP contribution in [0, 0.1) is 5.92 Å². The van der Waals surface area contributed by atoms with Crippen molar-refractivity contribution in [3.8, 4) is 0 Å². The average molecular weight is 364 g/mol. The minimum Gasteiger partial charge on any atom is -0.748 e. The highest BCUT2D eigenvalue weighted by atomic mass is 32.2. The van der Waals surface area contributed by atoms with Crippen molar-refractivity contribution in [1.82, 2.24) is 0 Å². The van der Waals surface area contributed by atoms with Crippen molar-refractivity contribution < 1.29 is 17.5 Å². The van der Waals surface area contributed by atoms with Gasteiger partial charge in [-0.05, 0) is 18.8 Å². The number of hydrogen-bond acceptors (Lipinski definition) is 3.